The molecule has 0 atom stereocenters. The van der Waals surface area contributed by atoms with Gasteiger partial charge in [0.1, 0.15) is 10.7 Å². The Morgan fingerprint density at radius 2 is 2.29 bits per heavy atom. The van der Waals surface area contributed by atoms with Crippen molar-refractivity contribution in [3.8, 4) is 0 Å². The van der Waals surface area contributed by atoms with E-state index in [1.807, 2.05) is 25.1 Å². The molecule has 0 fully saturated rings. The lowest BCUT2D eigenvalue weighted by molar-refractivity contribution is 0.103. The Balaban J connectivity index is 1.81. The Kier molecular flexibility index (Phi) is 3.72. The van der Waals surface area contributed by atoms with Gasteiger partial charge in [-0.15, -0.1) is 11.3 Å². The molecule has 6 nitrogen and oxygen atoms in total. The number of rotatable bonds is 4. The summed E-state index contributed by atoms with van der Waals surface area (Å²) in [5.41, 5.74) is 9.21. The molecule has 0 aliphatic rings. The molecule has 3 aromatic rings. The first-order valence-electron chi connectivity index (χ1n) is 6.32. The number of hydrogen-bond acceptors (Lipinski definition) is 7. The molecule has 0 aliphatic heterocycles. The Bertz CT molecular complexity index is 795. The molecule has 0 radical (unpaired) electrons. The number of amides is 1. The molecule has 1 aromatic carbocycles. The monoisotopic (exact) mass is 319 g/mol. The SMILES string of the molecule is CCNc1nc(N)c(C(=O)Nc2ccc3ncsc3c2)s1. The second-order valence-corrected chi connectivity index (χ2v) is 6.14. The first kappa shape index (κ1) is 13.8. The Hall–Kier alpha value is -2.19. The molecule has 0 spiro atoms. The molecule has 21 heavy (non-hydrogen) atoms. The first-order valence-corrected chi connectivity index (χ1v) is 8.01. The topological polar surface area (TPSA) is 92.9 Å². The van der Waals surface area contributed by atoms with Crippen molar-refractivity contribution in [1.82, 2.24) is 9.97 Å². The van der Waals surface area contributed by atoms with Crippen LogP contribution >= 0.6 is 22.7 Å². The normalized spacial score (nSPS) is 10.7. The molecule has 108 valence electrons. The predicted octanol–water partition coefficient (Wildman–Crippen LogP) is 3.02. The number of benzene rings is 1. The highest BCUT2D eigenvalue weighted by Gasteiger charge is 2.16. The largest absolute Gasteiger partial charge is 0.382 e. The van der Waals surface area contributed by atoms with Gasteiger partial charge in [0.15, 0.2) is 5.13 Å². The van der Waals surface area contributed by atoms with Crippen LogP contribution in [0.2, 0.25) is 0 Å². The van der Waals surface area contributed by atoms with E-state index in [-0.39, 0.29) is 11.7 Å². The van der Waals surface area contributed by atoms with Gasteiger partial charge in [0.25, 0.3) is 5.91 Å². The smallest absolute Gasteiger partial charge is 0.269 e. The van der Waals surface area contributed by atoms with Gasteiger partial charge in [-0.25, -0.2) is 9.97 Å². The van der Waals surface area contributed by atoms with E-state index in [1.165, 1.54) is 22.7 Å². The molecule has 8 heteroatoms. The number of carbonyl (C=O) groups is 1. The van der Waals surface area contributed by atoms with Gasteiger partial charge in [0.05, 0.1) is 15.7 Å². The van der Waals surface area contributed by atoms with Crippen LogP contribution in [0, 0.1) is 0 Å². The summed E-state index contributed by atoms with van der Waals surface area (Å²) in [5, 5.41) is 6.54. The maximum absolute atomic E-state index is 12.3. The molecule has 2 heterocycles. The third kappa shape index (κ3) is 2.81. The van der Waals surface area contributed by atoms with E-state index in [1.54, 1.807) is 5.51 Å². The number of aromatic nitrogens is 2. The number of anilines is 3. The molecule has 0 unspecified atom stereocenters. The van der Waals surface area contributed by atoms with E-state index in [0.717, 1.165) is 22.4 Å². The third-order valence-corrected chi connectivity index (χ3v) is 4.60. The van der Waals surface area contributed by atoms with Gasteiger partial charge in [-0.3, -0.25) is 4.79 Å². The lowest BCUT2D eigenvalue weighted by atomic mass is 10.3. The van der Waals surface area contributed by atoms with Crippen LogP contribution in [0.3, 0.4) is 0 Å². The summed E-state index contributed by atoms with van der Waals surface area (Å²) < 4.78 is 1.03. The van der Waals surface area contributed by atoms with Crippen molar-refractivity contribution in [3.05, 3.63) is 28.6 Å². The second kappa shape index (κ2) is 5.66. The standard InChI is InChI=1S/C13H13N5OS2/c1-2-15-13-18-11(14)10(21-13)12(19)17-7-3-4-8-9(5-7)20-6-16-8/h3-6H,2,14H2,1H3,(H,15,18)(H,17,19). The molecule has 0 aliphatic carbocycles. The van der Waals surface area contributed by atoms with E-state index >= 15 is 0 Å². The molecule has 2 aromatic heterocycles. The molecule has 0 saturated heterocycles. The molecule has 4 N–H and O–H groups in total. The molecule has 1 amide bonds. The molecule has 0 saturated carbocycles. The van der Waals surface area contributed by atoms with Crippen LogP contribution in [0.15, 0.2) is 23.7 Å². The minimum Gasteiger partial charge on any atom is -0.382 e. The van der Waals surface area contributed by atoms with Gasteiger partial charge >= 0.3 is 0 Å². The number of fused-ring (bicyclic) bond motifs is 1. The van der Waals surface area contributed by atoms with Crippen molar-refractivity contribution in [2.45, 2.75) is 6.92 Å². The van der Waals surface area contributed by atoms with Crippen molar-refractivity contribution in [2.75, 3.05) is 22.9 Å². The van der Waals surface area contributed by atoms with Crippen molar-refractivity contribution in [1.29, 1.82) is 0 Å². The lowest BCUT2D eigenvalue weighted by Gasteiger charge is -2.03. The number of thiazole rings is 2. The number of hydrogen-bond donors (Lipinski definition) is 3. The predicted molar refractivity (Wildman–Crippen MR) is 88.3 cm³/mol. The average molecular weight is 319 g/mol. The Labute approximate surface area is 129 Å². The highest BCUT2D eigenvalue weighted by molar-refractivity contribution is 7.18. The van der Waals surface area contributed by atoms with Crippen LogP contribution in [0.25, 0.3) is 10.2 Å². The summed E-state index contributed by atoms with van der Waals surface area (Å²) in [6, 6.07) is 5.59. The van der Waals surface area contributed by atoms with Crippen molar-refractivity contribution in [2.24, 2.45) is 0 Å². The summed E-state index contributed by atoms with van der Waals surface area (Å²) in [4.78, 5) is 21.0. The van der Waals surface area contributed by atoms with E-state index in [9.17, 15) is 4.79 Å². The van der Waals surface area contributed by atoms with Gasteiger partial charge in [-0.05, 0) is 25.1 Å². The van der Waals surface area contributed by atoms with Crippen LogP contribution in [-0.4, -0.2) is 22.4 Å². The number of nitrogens with two attached hydrogens (primary N) is 1. The van der Waals surface area contributed by atoms with Crippen LogP contribution in [-0.2, 0) is 0 Å². The van der Waals surface area contributed by atoms with Crippen molar-refractivity contribution < 1.29 is 4.79 Å². The highest BCUT2D eigenvalue weighted by atomic mass is 32.1. The number of nitrogens with zero attached hydrogens (tertiary/aromatic N) is 2. The van der Waals surface area contributed by atoms with Crippen LogP contribution in [0.1, 0.15) is 16.6 Å². The first-order chi connectivity index (χ1) is 10.2. The molecular formula is C13H13N5OS2. The zero-order chi connectivity index (χ0) is 14.8. The average Bonchev–Trinajstić information content (AvgIpc) is 3.05. The summed E-state index contributed by atoms with van der Waals surface area (Å²) in [5.74, 6) is -0.00895. The second-order valence-electron chi connectivity index (χ2n) is 4.25. The zero-order valence-corrected chi connectivity index (χ0v) is 12.8. The van der Waals surface area contributed by atoms with Gasteiger partial charge in [-0.1, -0.05) is 11.3 Å². The fourth-order valence-corrected chi connectivity index (χ4v) is 3.41. The minimum atomic E-state index is -0.252. The fraction of sp³-hybridized carbons (Fsp3) is 0.154. The number of nitrogen functional groups attached to an aromatic ring is 1. The Morgan fingerprint density at radius 1 is 1.43 bits per heavy atom. The van der Waals surface area contributed by atoms with E-state index in [2.05, 4.69) is 20.6 Å². The summed E-state index contributed by atoms with van der Waals surface area (Å²) in [7, 11) is 0. The number of nitrogens with one attached hydrogen (secondary N) is 2. The van der Waals surface area contributed by atoms with Crippen LogP contribution in [0.5, 0.6) is 0 Å². The van der Waals surface area contributed by atoms with Crippen LogP contribution < -0.4 is 16.4 Å². The molecule has 0 bridgehead atoms. The van der Waals surface area contributed by atoms with E-state index in [4.69, 9.17) is 5.73 Å². The lowest BCUT2D eigenvalue weighted by Crippen LogP contribution is -2.12. The van der Waals surface area contributed by atoms with Crippen molar-refractivity contribution >= 4 is 55.4 Å². The van der Waals surface area contributed by atoms with Gasteiger partial charge < -0.3 is 16.4 Å². The van der Waals surface area contributed by atoms with Crippen molar-refractivity contribution in [3.63, 3.8) is 0 Å². The quantitative estimate of drug-likeness (QED) is 0.687. The zero-order valence-electron chi connectivity index (χ0n) is 11.2. The van der Waals surface area contributed by atoms with Gasteiger partial charge in [-0.2, -0.15) is 0 Å². The summed E-state index contributed by atoms with van der Waals surface area (Å²) in [6.45, 7) is 2.69. The van der Waals surface area contributed by atoms with Gasteiger partial charge in [0.2, 0.25) is 0 Å². The van der Waals surface area contributed by atoms with E-state index in [0.29, 0.717) is 10.0 Å². The van der Waals surface area contributed by atoms with Crippen LogP contribution in [0.4, 0.5) is 16.6 Å². The Morgan fingerprint density at radius 3 is 3.10 bits per heavy atom. The van der Waals surface area contributed by atoms with Gasteiger partial charge in [0, 0.05) is 12.2 Å². The highest BCUT2D eigenvalue weighted by Crippen LogP contribution is 2.27. The maximum Gasteiger partial charge on any atom is 0.269 e. The fourth-order valence-electron chi connectivity index (χ4n) is 1.84. The minimum absolute atomic E-state index is 0.243. The number of carbonyl (C=O) groups excluding carboxylic acids is 1. The summed E-state index contributed by atoms with van der Waals surface area (Å²) in [6.07, 6.45) is 0. The maximum atomic E-state index is 12.3. The van der Waals surface area contributed by atoms with E-state index < -0.39 is 0 Å². The third-order valence-electron chi connectivity index (χ3n) is 2.78. The molecule has 3 rings (SSSR count). The molecular weight excluding hydrogens is 306 g/mol. The summed E-state index contributed by atoms with van der Waals surface area (Å²) >= 11 is 2.78.